The highest BCUT2D eigenvalue weighted by atomic mass is 32.2. The van der Waals surface area contributed by atoms with Gasteiger partial charge >= 0.3 is 15.6 Å². The van der Waals surface area contributed by atoms with Gasteiger partial charge in [0.25, 0.3) is 5.56 Å². The van der Waals surface area contributed by atoms with Crippen LogP contribution in [0.25, 0.3) is 5.65 Å². The molecule has 3 heterocycles. The van der Waals surface area contributed by atoms with Gasteiger partial charge in [0.05, 0.1) is 16.8 Å². The summed E-state index contributed by atoms with van der Waals surface area (Å²) in [6.45, 7) is 4.09. The number of pyridine rings is 1. The summed E-state index contributed by atoms with van der Waals surface area (Å²) < 4.78 is 64.8. The Bertz CT molecular complexity index is 1200. The Morgan fingerprint density at radius 1 is 1.21 bits per heavy atom. The molecule has 3 aromatic rings. The van der Waals surface area contributed by atoms with E-state index in [0.717, 1.165) is 20.7 Å². The van der Waals surface area contributed by atoms with Gasteiger partial charge in [-0.15, -0.1) is 11.3 Å². The summed E-state index contributed by atoms with van der Waals surface area (Å²) in [4.78, 5) is 20.3. The molecule has 0 amide bonds. The molecule has 0 aromatic carbocycles. The van der Waals surface area contributed by atoms with Gasteiger partial charge < -0.3 is 4.18 Å². The van der Waals surface area contributed by atoms with Crippen molar-refractivity contribution in [1.29, 1.82) is 0 Å². The van der Waals surface area contributed by atoms with Gasteiger partial charge in [-0.1, -0.05) is 13.8 Å². The Hall–Kier alpha value is -2.47. The predicted octanol–water partition coefficient (Wildman–Crippen LogP) is 3.29. The van der Waals surface area contributed by atoms with Gasteiger partial charge in [-0.3, -0.25) is 9.20 Å². The van der Waals surface area contributed by atoms with E-state index in [1.54, 1.807) is 6.07 Å². The van der Waals surface area contributed by atoms with Gasteiger partial charge in [0.2, 0.25) is 5.88 Å². The van der Waals surface area contributed by atoms with Crippen LogP contribution in [0.2, 0.25) is 0 Å². The Morgan fingerprint density at radius 2 is 1.93 bits per heavy atom. The molecule has 0 unspecified atom stereocenters. The minimum Gasteiger partial charge on any atom is -0.355 e. The van der Waals surface area contributed by atoms with Crippen LogP contribution < -0.4 is 9.74 Å². The summed E-state index contributed by atoms with van der Waals surface area (Å²) in [6, 6.07) is 3.75. The third-order valence-electron chi connectivity index (χ3n) is 3.98. The number of fused-ring (bicyclic) bond motifs is 1. The van der Waals surface area contributed by atoms with Crippen LogP contribution in [-0.4, -0.2) is 28.3 Å². The van der Waals surface area contributed by atoms with Crippen LogP contribution in [0, 0.1) is 0 Å². The summed E-state index contributed by atoms with van der Waals surface area (Å²) in [6.07, 6.45) is 2.61. The van der Waals surface area contributed by atoms with Gasteiger partial charge in [0.1, 0.15) is 5.65 Å². The molecule has 0 spiro atoms. The fraction of sp³-hybridized carbons (Fsp3) is 0.353. The zero-order chi connectivity index (χ0) is 21.4. The highest BCUT2D eigenvalue weighted by Gasteiger charge is 2.49. The van der Waals surface area contributed by atoms with Crippen LogP contribution in [0.5, 0.6) is 5.88 Å². The van der Waals surface area contributed by atoms with Gasteiger partial charge in [-0.2, -0.15) is 26.6 Å². The maximum Gasteiger partial charge on any atom is 0.534 e. The number of nitrogens with zero attached hydrogens (tertiary/aromatic N) is 3. The first-order chi connectivity index (χ1) is 13.5. The first-order valence-corrected chi connectivity index (χ1v) is 10.7. The lowest BCUT2D eigenvalue weighted by Gasteiger charge is -2.09. The van der Waals surface area contributed by atoms with Crippen molar-refractivity contribution in [1.82, 2.24) is 14.4 Å². The molecule has 12 heteroatoms. The number of aryl methyl sites for hydroxylation is 2. The summed E-state index contributed by atoms with van der Waals surface area (Å²) in [5.41, 5.74) is -4.65. The summed E-state index contributed by atoms with van der Waals surface area (Å²) in [5, 5.41) is 2.93. The number of hydrogen-bond donors (Lipinski definition) is 0. The third kappa shape index (κ3) is 4.75. The van der Waals surface area contributed by atoms with Gasteiger partial charge in [0.15, 0.2) is 0 Å². The number of alkyl halides is 3. The Morgan fingerprint density at radius 3 is 2.55 bits per heavy atom. The maximum atomic E-state index is 12.5. The molecule has 0 saturated heterocycles. The monoisotopic (exact) mass is 447 g/mol. The smallest absolute Gasteiger partial charge is 0.355 e. The van der Waals surface area contributed by atoms with Crippen molar-refractivity contribution >= 4 is 27.1 Å². The van der Waals surface area contributed by atoms with Crippen molar-refractivity contribution in [2.75, 3.05) is 0 Å². The topological polar surface area (TPSA) is 90.6 Å². The quantitative estimate of drug-likeness (QED) is 0.426. The van der Waals surface area contributed by atoms with Crippen LogP contribution >= 0.6 is 11.3 Å². The molecule has 0 bridgehead atoms. The SMILES string of the molecule is CC(C)c1csc(CCc2ccn3c(=O)cc(OS(=O)(=O)C(F)(F)F)nc3c2)n1. The Balaban J connectivity index is 1.85. The number of aromatic nitrogens is 3. The van der Waals surface area contributed by atoms with Gasteiger partial charge in [-0.05, 0) is 30.0 Å². The van der Waals surface area contributed by atoms with Gasteiger partial charge in [0, 0.05) is 18.0 Å². The minimum atomic E-state index is -5.91. The van der Waals surface area contributed by atoms with Crippen LogP contribution in [0.3, 0.4) is 0 Å². The number of halogens is 3. The van der Waals surface area contributed by atoms with E-state index in [1.807, 2.05) is 19.2 Å². The van der Waals surface area contributed by atoms with Gasteiger partial charge in [-0.25, -0.2) is 4.98 Å². The molecule has 0 aliphatic carbocycles. The van der Waals surface area contributed by atoms with Crippen molar-refractivity contribution in [3.05, 3.63) is 56.4 Å². The molecule has 0 radical (unpaired) electrons. The van der Waals surface area contributed by atoms with E-state index >= 15 is 0 Å². The maximum absolute atomic E-state index is 12.5. The van der Waals surface area contributed by atoms with Crippen LogP contribution in [0.1, 0.15) is 36.0 Å². The second kappa shape index (κ2) is 7.75. The molecule has 0 fully saturated rings. The Kier molecular flexibility index (Phi) is 5.68. The first-order valence-electron chi connectivity index (χ1n) is 8.43. The van der Waals surface area contributed by atoms with Crippen molar-refractivity contribution in [2.45, 2.75) is 38.1 Å². The first kappa shape index (κ1) is 21.2. The zero-order valence-electron chi connectivity index (χ0n) is 15.3. The molecule has 0 atom stereocenters. The van der Waals surface area contributed by atoms with E-state index in [1.165, 1.54) is 23.6 Å². The summed E-state index contributed by atoms with van der Waals surface area (Å²) >= 11 is 1.54. The lowest BCUT2D eigenvalue weighted by atomic mass is 10.1. The number of hydrogen-bond acceptors (Lipinski definition) is 7. The number of rotatable bonds is 6. The molecule has 3 rings (SSSR count). The van der Waals surface area contributed by atoms with Crippen molar-refractivity contribution in [3.8, 4) is 5.88 Å². The molecule has 0 aliphatic heterocycles. The highest BCUT2D eigenvalue weighted by Crippen LogP contribution is 2.26. The largest absolute Gasteiger partial charge is 0.534 e. The van der Waals surface area contributed by atoms with E-state index in [2.05, 4.69) is 14.2 Å². The highest BCUT2D eigenvalue weighted by molar-refractivity contribution is 7.87. The number of thiazole rings is 1. The lowest BCUT2D eigenvalue weighted by Crippen LogP contribution is -2.29. The molecule has 29 heavy (non-hydrogen) atoms. The lowest BCUT2D eigenvalue weighted by molar-refractivity contribution is -0.0501. The van der Waals surface area contributed by atoms with E-state index in [0.29, 0.717) is 24.8 Å². The molecule has 3 aromatic heterocycles. The fourth-order valence-corrected chi connectivity index (χ4v) is 3.80. The summed E-state index contributed by atoms with van der Waals surface area (Å²) in [7, 11) is -5.91. The molecule has 0 N–H and O–H groups in total. The molecule has 7 nitrogen and oxygen atoms in total. The van der Waals surface area contributed by atoms with E-state index < -0.39 is 27.1 Å². The van der Waals surface area contributed by atoms with Crippen LogP contribution in [-0.2, 0) is 23.0 Å². The Labute approximate surface area is 167 Å². The van der Waals surface area contributed by atoms with E-state index in [9.17, 15) is 26.4 Å². The van der Waals surface area contributed by atoms with Crippen molar-refractivity contribution in [2.24, 2.45) is 0 Å². The fourth-order valence-electron chi connectivity index (χ4n) is 2.44. The normalized spacial score (nSPS) is 12.6. The molecular formula is C17H16F3N3O4S2. The standard InChI is InChI=1S/C17H16F3N3O4S2/c1-10(2)12-9-28-15(21-12)4-3-11-5-6-23-13(7-11)22-14(8-16(23)24)27-29(25,26)17(18,19)20/h5-10H,3-4H2,1-2H3. The molecular weight excluding hydrogens is 431 g/mol. The minimum absolute atomic E-state index is 0.0237. The van der Waals surface area contributed by atoms with Crippen molar-refractivity contribution in [3.63, 3.8) is 0 Å². The van der Waals surface area contributed by atoms with Crippen molar-refractivity contribution < 1.29 is 25.8 Å². The molecule has 0 saturated carbocycles. The average molecular weight is 447 g/mol. The van der Waals surface area contributed by atoms with E-state index in [4.69, 9.17) is 0 Å². The summed E-state index contributed by atoms with van der Waals surface area (Å²) in [5.74, 6) is -0.617. The third-order valence-corrected chi connectivity index (χ3v) is 5.86. The molecule has 156 valence electrons. The molecule has 0 aliphatic rings. The van der Waals surface area contributed by atoms with Crippen LogP contribution in [0.4, 0.5) is 13.2 Å². The predicted molar refractivity (Wildman–Crippen MR) is 101 cm³/mol. The average Bonchev–Trinajstić information content (AvgIpc) is 3.07. The second-order valence-electron chi connectivity index (χ2n) is 6.50. The van der Waals surface area contributed by atoms with Crippen LogP contribution in [0.15, 0.2) is 34.6 Å². The van der Waals surface area contributed by atoms with E-state index in [-0.39, 0.29) is 5.65 Å². The second-order valence-corrected chi connectivity index (χ2v) is 8.98. The zero-order valence-corrected chi connectivity index (χ0v) is 16.9.